The maximum atomic E-state index is 13.3. The molecule has 0 bridgehead atoms. The highest BCUT2D eigenvalue weighted by Crippen LogP contribution is 2.26. The van der Waals surface area contributed by atoms with Crippen LogP contribution in [0.3, 0.4) is 0 Å². The number of aromatic carboxylic acids is 1. The summed E-state index contributed by atoms with van der Waals surface area (Å²) < 4.78 is 26.6. The first-order valence-electron chi connectivity index (χ1n) is 5.25. The third-order valence-corrected chi connectivity index (χ3v) is 2.55. The maximum Gasteiger partial charge on any atom is 0.336 e. The van der Waals surface area contributed by atoms with Crippen LogP contribution in [0.25, 0.3) is 11.1 Å². The van der Waals surface area contributed by atoms with E-state index in [0.717, 1.165) is 30.3 Å². The van der Waals surface area contributed by atoms with Crippen molar-refractivity contribution < 1.29 is 18.7 Å². The number of halogens is 2. The number of benzene rings is 2. The number of nitrogens with zero attached hydrogens (tertiary/aromatic N) is 1. The molecule has 1 N–H and O–H groups in total. The number of hydrogen-bond donors (Lipinski definition) is 1. The molecule has 0 radical (unpaired) electrons. The Kier molecular flexibility index (Phi) is 3.25. The van der Waals surface area contributed by atoms with Crippen molar-refractivity contribution in [1.29, 1.82) is 5.26 Å². The monoisotopic (exact) mass is 259 g/mol. The van der Waals surface area contributed by atoms with Crippen molar-refractivity contribution in [2.75, 3.05) is 0 Å². The van der Waals surface area contributed by atoms with E-state index in [9.17, 15) is 13.6 Å². The summed E-state index contributed by atoms with van der Waals surface area (Å²) in [6.45, 7) is 0. The molecule has 2 rings (SSSR count). The summed E-state index contributed by atoms with van der Waals surface area (Å²) in [5.74, 6) is -2.57. The number of carboxylic acid groups (broad SMARTS) is 1. The predicted molar refractivity (Wildman–Crippen MR) is 63.5 cm³/mol. The highest BCUT2D eigenvalue weighted by Gasteiger charge is 2.14. The van der Waals surface area contributed by atoms with Crippen molar-refractivity contribution >= 4 is 5.97 Å². The van der Waals surface area contributed by atoms with Gasteiger partial charge in [-0.3, -0.25) is 0 Å². The van der Waals surface area contributed by atoms with E-state index in [-0.39, 0.29) is 22.3 Å². The second-order valence-electron chi connectivity index (χ2n) is 3.84. The SMILES string of the molecule is N#Cc1cc(F)cc(-c2cc(F)ccc2C(=O)O)c1. The number of carbonyl (C=O) groups is 1. The molecule has 0 aliphatic heterocycles. The van der Waals surface area contributed by atoms with Gasteiger partial charge >= 0.3 is 5.97 Å². The third kappa shape index (κ3) is 2.58. The van der Waals surface area contributed by atoms with Gasteiger partial charge in [0, 0.05) is 0 Å². The van der Waals surface area contributed by atoms with Gasteiger partial charge in [0.15, 0.2) is 0 Å². The van der Waals surface area contributed by atoms with Crippen LogP contribution < -0.4 is 0 Å². The van der Waals surface area contributed by atoms with Crippen LogP contribution in [0.5, 0.6) is 0 Å². The van der Waals surface area contributed by atoms with Crippen LogP contribution in [0, 0.1) is 23.0 Å². The van der Waals surface area contributed by atoms with E-state index in [1.807, 2.05) is 0 Å². The molecule has 0 amide bonds. The second kappa shape index (κ2) is 4.86. The lowest BCUT2D eigenvalue weighted by Gasteiger charge is -2.07. The van der Waals surface area contributed by atoms with Crippen LogP contribution in [0.2, 0.25) is 0 Å². The maximum absolute atomic E-state index is 13.3. The van der Waals surface area contributed by atoms with E-state index < -0.39 is 17.6 Å². The fraction of sp³-hybridized carbons (Fsp3) is 0. The van der Waals surface area contributed by atoms with Gasteiger partial charge in [-0.25, -0.2) is 13.6 Å². The quantitative estimate of drug-likeness (QED) is 0.900. The molecule has 2 aromatic carbocycles. The van der Waals surface area contributed by atoms with E-state index in [0.29, 0.717) is 0 Å². The van der Waals surface area contributed by atoms with Gasteiger partial charge in [-0.2, -0.15) is 5.26 Å². The Bertz CT molecular complexity index is 705. The first-order chi connectivity index (χ1) is 9.01. The van der Waals surface area contributed by atoms with Crippen LogP contribution >= 0.6 is 0 Å². The summed E-state index contributed by atoms with van der Waals surface area (Å²) in [6.07, 6.45) is 0. The standard InChI is InChI=1S/C14H7F2NO2/c15-10-1-2-12(14(18)19)13(6-10)9-3-8(7-17)4-11(16)5-9/h1-6H,(H,18,19). The smallest absolute Gasteiger partial charge is 0.336 e. The van der Waals surface area contributed by atoms with Gasteiger partial charge in [0.05, 0.1) is 17.2 Å². The van der Waals surface area contributed by atoms with E-state index in [1.165, 1.54) is 6.07 Å². The van der Waals surface area contributed by atoms with Crippen molar-refractivity contribution in [3.05, 3.63) is 59.2 Å². The van der Waals surface area contributed by atoms with Crippen molar-refractivity contribution in [1.82, 2.24) is 0 Å². The largest absolute Gasteiger partial charge is 0.478 e. The lowest BCUT2D eigenvalue weighted by atomic mass is 9.98. The number of nitriles is 1. The van der Waals surface area contributed by atoms with E-state index in [2.05, 4.69) is 0 Å². The topological polar surface area (TPSA) is 61.1 Å². The molecule has 0 spiro atoms. The van der Waals surface area contributed by atoms with Gasteiger partial charge in [0.2, 0.25) is 0 Å². The minimum atomic E-state index is -1.25. The first-order valence-corrected chi connectivity index (χ1v) is 5.25. The van der Waals surface area contributed by atoms with Crippen LogP contribution in [-0.4, -0.2) is 11.1 Å². The molecule has 0 saturated carbocycles. The molecule has 0 heterocycles. The Morgan fingerprint density at radius 2 is 1.84 bits per heavy atom. The average molecular weight is 259 g/mol. The van der Waals surface area contributed by atoms with Crippen molar-refractivity contribution in [3.63, 3.8) is 0 Å². The molecule has 0 fully saturated rings. The lowest BCUT2D eigenvalue weighted by Crippen LogP contribution is -2.00. The van der Waals surface area contributed by atoms with Gasteiger partial charge in [-0.1, -0.05) is 0 Å². The molecule has 94 valence electrons. The molecular formula is C14H7F2NO2. The van der Waals surface area contributed by atoms with Gasteiger partial charge in [-0.05, 0) is 47.5 Å². The van der Waals surface area contributed by atoms with E-state index >= 15 is 0 Å². The molecule has 0 atom stereocenters. The molecule has 0 aromatic heterocycles. The molecule has 0 aliphatic rings. The summed E-state index contributed by atoms with van der Waals surface area (Å²) in [4.78, 5) is 11.1. The Balaban J connectivity index is 2.71. The zero-order valence-electron chi connectivity index (χ0n) is 9.52. The Morgan fingerprint density at radius 1 is 1.11 bits per heavy atom. The highest BCUT2D eigenvalue weighted by atomic mass is 19.1. The summed E-state index contributed by atoms with van der Waals surface area (Å²) in [7, 11) is 0. The van der Waals surface area contributed by atoms with Crippen LogP contribution in [-0.2, 0) is 0 Å². The van der Waals surface area contributed by atoms with Crippen molar-refractivity contribution in [3.8, 4) is 17.2 Å². The average Bonchev–Trinajstić information content (AvgIpc) is 2.37. The fourth-order valence-electron chi connectivity index (χ4n) is 1.75. The van der Waals surface area contributed by atoms with Crippen LogP contribution in [0.4, 0.5) is 8.78 Å². The molecule has 2 aromatic rings. The molecule has 0 unspecified atom stereocenters. The first kappa shape index (κ1) is 12.7. The van der Waals surface area contributed by atoms with Gasteiger partial charge < -0.3 is 5.11 Å². The molecule has 0 saturated heterocycles. The fourth-order valence-corrected chi connectivity index (χ4v) is 1.75. The summed E-state index contributed by atoms with van der Waals surface area (Å²) in [5.41, 5.74) is 0.0587. The van der Waals surface area contributed by atoms with E-state index in [1.54, 1.807) is 6.07 Å². The summed E-state index contributed by atoms with van der Waals surface area (Å²) in [5, 5.41) is 17.8. The number of carboxylic acids is 1. The second-order valence-corrected chi connectivity index (χ2v) is 3.84. The predicted octanol–water partition coefficient (Wildman–Crippen LogP) is 3.20. The van der Waals surface area contributed by atoms with Crippen LogP contribution in [0.15, 0.2) is 36.4 Å². The van der Waals surface area contributed by atoms with Gasteiger partial charge in [-0.15, -0.1) is 0 Å². The molecule has 3 nitrogen and oxygen atoms in total. The van der Waals surface area contributed by atoms with Crippen molar-refractivity contribution in [2.45, 2.75) is 0 Å². The molecule has 19 heavy (non-hydrogen) atoms. The Hall–Kier alpha value is -2.74. The Morgan fingerprint density at radius 3 is 2.47 bits per heavy atom. The third-order valence-electron chi connectivity index (χ3n) is 2.55. The number of rotatable bonds is 2. The normalized spacial score (nSPS) is 9.95. The van der Waals surface area contributed by atoms with Gasteiger partial charge in [0.25, 0.3) is 0 Å². The minimum absolute atomic E-state index is 0.0310. The minimum Gasteiger partial charge on any atom is -0.478 e. The molecular weight excluding hydrogens is 252 g/mol. The zero-order chi connectivity index (χ0) is 14.0. The van der Waals surface area contributed by atoms with Gasteiger partial charge in [0.1, 0.15) is 11.6 Å². The zero-order valence-corrected chi connectivity index (χ0v) is 9.52. The summed E-state index contributed by atoms with van der Waals surface area (Å²) >= 11 is 0. The summed E-state index contributed by atoms with van der Waals surface area (Å²) in [6, 6.07) is 8.26. The van der Waals surface area contributed by atoms with Crippen molar-refractivity contribution in [2.24, 2.45) is 0 Å². The Labute approximate surface area is 107 Å². The number of hydrogen-bond acceptors (Lipinski definition) is 2. The molecule has 0 aliphatic carbocycles. The lowest BCUT2D eigenvalue weighted by molar-refractivity contribution is 0.0697. The molecule has 5 heteroatoms. The highest BCUT2D eigenvalue weighted by molar-refractivity contribution is 5.96. The van der Waals surface area contributed by atoms with Crippen LogP contribution in [0.1, 0.15) is 15.9 Å². The van der Waals surface area contributed by atoms with E-state index in [4.69, 9.17) is 10.4 Å².